The van der Waals surface area contributed by atoms with Gasteiger partial charge >= 0.3 is 0 Å². The van der Waals surface area contributed by atoms with Crippen molar-refractivity contribution in [1.29, 1.82) is 0 Å². The summed E-state index contributed by atoms with van der Waals surface area (Å²) < 4.78 is 1.93. The first-order valence-electron chi connectivity index (χ1n) is 9.74. The molecule has 1 aliphatic rings. The van der Waals surface area contributed by atoms with Gasteiger partial charge in [0.25, 0.3) is 5.91 Å². The molecule has 0 unspecified atom stereocenters. The van der Waals surface area contributed by atoms with Gasteiger partial charge in [-0.2, -0.15) is 4.99 Å². The second-order valence-corrected chi connectivity index (χ2v) is 7.16. The lowest BCUT2D eigenvalue weighted by molar-refractivity contribution is -0.125. The number of benzene rings is 1. The highest BCUT2D eigenvalue weighted by atomic mass is 16.2. The number of carbonyl (C=O) groups is 2. The molecule has 1 heterocycles. The highest BCUT2D eigenvalue weighted by Gasteiger charge is 2.17. The van der Waals surface area contributed by atoms with E-state index in [4.69, 9.17) is 0 Å². The van der Waals surface area contributed by atoms with Crippen LogP contribution in [0.2, 0.25) is 0 Å². The van der Waals surface area contributed by atoms with Crippen LogP contribution >= 0.6 is 0 Å². The van der Waals surface area contributed by atoms with Gasteiger partial charge < -0.3 is 9.88 Å². The molecular weight excluding hydrogens is 338 g/mol. The Morgan fingerprint density at radius 2 is 1.74 bits per heavy atom. The van der Waals surface area contributed by atoms with Crippen LogP contribution < -0.4 is 10.8 Å². The molecule has 1 N–H and O–H groups in total. The van der Waals surface area contributed by atoms with Crippen LogP contribution in [0.3, 0.4) is 0 Å². The zero-order valence-electron chi connectivity index (χ0n) is 15.6. The van der Waals surface area contributed by atoms with Crippen molar-refractivity contribution >= 4 is 11.8 Å². The lowest BCUT2D eigenvalue weighted by atomic mass is 9.87. The van der Waals surface area contributed by atoms with Gasteiger partial charge in [-0.1, -0.05) is 55.7 Å². The van der Waals surface area contributed by atoms with Gasteiger partial charge in [-0.3, -0.25) is 9.59 Å². The van der Waals surface area contributed by atoms with Crippen LogP contribution in [-0.4, -0.2) is 22.9 Å². The molecule has 1 saturated carbocycles. The van der Waals surface area contributed by atoms with Crippen LogP contribution in [0, 0.1) is 5.92 Å². The molecule has 1 fully saturated rings. The van der Waals surface area contributed by atoms with Crippen molar-refractivity contribution in [2.24, 2.45) is 10.9 Å². The molecule has 2 aromatic rings. The van der Waals surface area contributed by atoms with Gasteiger partial charge in [0.1, 0.15) is 5.49 Å². The Labute approximate surface area is 160 Å². The van der Waals surface area contributed by atoms with Crippen molar-refractivity contribution in [1.82, 2.24) is 9.88 Å². The second kappa shape index (κ2) is 9.86. The van der Waals surface area contributed by atoms with E-state index < -0.39 is 0 Å². The van der Waals surface area contributed by atoms with Gasteiger partial charge in [0, 0.05) is 19.2 Å². The van der Waals surface area contributed by atoms with Gasteiger partial charge in [-0.25, -0.2) is 0 Å². The Hall–Kier alpha value is -2.69. The number of hydrogen-bond acceptors (Lipinski definition) is 2. The molecule has 0 spiro atoms. The summed E-state index contributed by atoms with van der Waals surface area (Å²) in [5.41, 5.74) is 1.73. The minimum absolute atomic E-state index is 0.0457. The maximum Gasteiger partial charge on any atom is 0.267 e. The predicted octanol–water partition coefficient (Wildman–Crippen LogP) is 3.05. The average molecular weight is 365 g/mol. The number of nitrogens with one attached hydrogen (secondary N) is 1. The molecule has 142 valence electrons. The third kappa shape index (κ3) is 6.20. The summed E-state index contributed by atoms with van der Waals surface area (Å²) in [5, 5.41) is 2.73. The molecule has 1 aliphatic carbocycles. The third-order valence-corrected chi connectivity index (χ3v) is 4.99. The van der Waals surface area contributed by atoms with Gasteiger partial charge in [-0.15, -0.1) is 0 Å². The van der Waals surface area contributed by atoms with Crippen molar-refractivity contribution in [3.05, 3.63) is 65.8 Å². The molecule has 0 aliphatic heterocycles. The summed E-state index contributed by atoms with van der Waals surface area (Å²) in [6.45, 7) is 0.591. The maximum atomic E-state index is 12.2. The first-order valence-corrected chi connectivity index (χ1v) is 9.74. The Balaban J connectivity index is 1.57. The topological polar surface area (TPSA) is 63.5 Å². The average Bonchev–Trinajstić information content (AvgIpc) is 2.69. The molecule has 2 amide bonds. The fraction of sp³-hybridized carbons (Fsp3) is 0.409. The predicted molar refractivity (Wildman–Crippen MR) is 105 cm³/mol. The molecule has 0 radical (unpaired) electrons. The van der Waals surface area contributed by atoms with E-state index in [0.717, 1.165) is 18.4 Å². The van der Waals surface area contributed by atoms with E-state index in [2.05, 4.69) is 10.3 Å². The fourth-order valence-electron chi connectivity index (χ4n) is 3.55. The number of pyridine rings is 1. The molecule has 5 nitrogen and oxygen atoms in total. The first kappa shape index (κ1) is 19.1. The smallest absolute Gasteiger partial charge is 0.267 e. The van der Waals surface area contributed by atoms with E-state index in [-0.39, 0.29) is 18.4 Å². The zero-order valence-corrected chi connectivity index (χ0v) is 15.6. The second-order valence-electron chi connectivity index (χ2n) is 7.16. The quantitative estimate of drug-likeness (QED) is 0.855. The van der Waals surface area contributed by atoms with Gasteiger partial charge in [0.05, 0.1) is 6.54 Å². The molecule has 0 saturated heterocycles. The largest absolute Gasteiger partial charge is 0.347 e. The molecule has 27 heavy (non-hydrogen) atoms. The van der Waals surface area contributed by atoms with Crippen LogP contribution in [0.25, 0.3) is 0 Å². The van der Waals surface area contributed by atoms with E-state index in [0.29, 0.717) is 24.4 Å². The van der Waals surface area contributed by atoms with Crippen LogP contribution in [0.15, 0.2) is 59.7 Å². The van der Waals surface area contributed by atoms with Gasteiger partial charge in [0.15, 0.2) is 0 Å². The SMILES string of the molecule is O=C(CNC(=O)CC1CCCCC1)N=c1ccccn1Cc1ccccc1. The normalized spacial score (nSPS) is 15.5. The van der Waals surface area contributed by atoms with E-state index in [9.17, 15) is 9.59 Å². The van der Waals surface area contributed by atoms with Crippen LogP contribution in [0.4, 0.5) is 0 Å². The Morgan fingerprint density at radius 1 is 1.00 bits per heavy atom. The van der Waals surface area contributed by atoms with E-state index >= 15 is 0 Å². The number of nitrogens with zero attached hydrogens (tertiary/aromatic N) is 2. The highest BCUT2D eigenvalue weighted by molar-refractivity contribution is 5.85. The summed E-state index contributed by atoms with van der Waals surface area (Å²) >= 11 is 0. The van der Waals surface area contributed by atoms with E-state index in [1.807, 2.05) is 59.3 Å². The minimum Gasteiger partial charge on any atom is -0.347 e. The van der Waals surface area contributed by atoms with Crippen LogP contribution in [-0.2, 0) is 16.1 Å². The summed E-state index contributed by atoms with van der Waals surface area (Å²) in [6.07, 6.45) is 8.36. The highest BCUT2D eigenvalue weighted by Crippen LogP contribution is 2.25. The number of hydrogen-bond donors (Lipinski definition) is 1. The summed E-state index contributed by atoms with van der Waals surface area (Å²) in [7, 11) is 0. The summed E-state index contributed by atoms with van der Waals surface area (Å²) in [4.78, 5) is 28.5. The van der Waals surface area contributed by atoms with Gasteiger partial charge in [-0.05, 0) is 36.5 Å². The Morgan fingerprint density at radius 3 is 2.52 bits per heavy atom. The maximum absolute atomic E-state index is 12.2. The zero-order chi connectivity index (χ0) is 18.9. The number of aromatic nitrogens is 1. The Bertz CT molecular complexity index is 821. The third-order valence-electron chi connectivity index (χ3n) is 4.99. The number of amides is 2. The molecule has 1 aromatic carbocycles. The summed E-state index contributed by atoms with van der Waals surface area (Å²) in [6, 6.07) is 15.6. The van der Waals surface area contributed by atoms with Crippen molar-refractivity contribution < 1.29 is 9.59 Å². The lowest BCUT2D eigenvalue weighted by Gasteiger charge is -2.20. The van der Waals surface area contributed by atoms with E-state index in [1.165, 1.54) is 19.3 Å². The lowest BCUT2D eigenvalue weighted by Crippen LogP contribution is -2.32. The monoisotopic (exact) mass is 365 g/mol. The van der Waals surface area contributed by atoms with E-state index in [1.54, 1.807) is 0 Å². The van der Waals surface area contributed by atoms with Crippen molar-refractivity contribution in [3.8, 4) is 0 Å². The molecule has 0 atom stereocenters. The standard InChI is InChI=1S/C22H27N3O2/c26-21(15-18-9-3-1-4-10-18)23-16-22(27)24-20-13-7-8-14-25(20)17-19-11-5-2-6-12-19/h2,5-8,11-14,18H,1,3-4,9-10,15-17H2,(H,23,26). The molecular formula is C22H27N3O2. The minimum atomic E-state index is -0.333. The Kier molecular flexibility index (Phi) is 6.97. The van der Waals surface area contributed by atoms with Crippen LogP contribution in [0.1, 0.15) is 44.1 Å². The van der Waals surface area contributed by atoms with Crippen molar-refractivity contribution in [2.45, 2.75) is 45.1 Å². The van der Waals surface area contributed by atoms with Crippen LogP contribution in [0.5, 0.6) is 0 Å². The molecule has 0 bridgehead atoms. The number of carbonyl (C=O) groups excluding carboxylic acids is 2. The molecule has 1 aromatic heterocycles. The van der Waals surface area contributed by atoms with Crippen molar-refractivity contribution in [3.63, 3.8) is 0 Å². The molecule has 5 heteroatoms. The fourth-order valence-corrected chi connectivity index (χ4v) is 3.55. The molecule has 3 rings (SSSR count). The first-order chi connectivity index (χ1) is 13.2. The summed E-state index contributed by atoms with van der Waals surface area (Å²) in [5.74, 6) is 0.0867. The van der Waals surface area contributed by atoms with Gasteiger partial charge in [0.2, 0.25) is 5.91 Å². The van der Waals surface area contributed by atoms with Crippen molar-refractivity contribution in [2.75, 3.05) is 6.54 Å². The number of rotatable bonds is 6.